The molecule has 0 aliphatic carbocycles. The van der Waals surface area contributed by atoms with Gasteiger partial charge in [-0.2, -0.15) is 0 Å². The van der Waals surface area contributed by atoms with Crippen molar-refractivity contribution in [3.63, 3.8) is 0 Å². The van der Waals surface area contributed by atoms with Gasteiger partial charge in [-0.1, -0.05) is 34.1 Å². The second-order valence-corrected chi connectivity index (χ2v) is 4.69. The van der Waals surface area contributed by atoms with E-state index in [-0.39, 0.29) is 12.5 Å². The van der Waals surface area contributed by atoms with E-state index in [2.05, 4.69) is 26.6 Å². The van der Waals surface area contributed by atoms with Gasteiger partial charge in [-0.3, -0.25) is 4.79 Å². The zero-order valence-corrected chi connectivity index (χ0v) is 11.3. The maximum absolute atomic E-state index is 11.7. The SMILES string of the molecule is O=C(CNc1ccccc1)Nc1ccc(Br)cc1. The second-order valence-electron chi connectivity index (χ2n) is 3.77. The van der Waals surface area contributed by atoms with Crippen molar-refractivity contribution in [1.82, 2.24) is 0 Å². The van der Waals surface area contributed by atoms with E-state index in [9.17, 15) is 4.79 Å². The highest BCUT2D eigenvalue weighted by Crippen LogP contribution is 2.14. The largest absolute Gasteiger partial charge is 0.376 e. The van der Waals surface area contributed by atoms with Gasteiger partial charge >= 0.3 is 0 Å². The van der Waals surface area contributed by atoms with E-state index >= 15 is 0 Å². The number of carbonyl (C=O) groups is 1. The van der Waals surface area contributed by atoms with E-state index in [1.165, 1.54) is 0 Å². The van der Waals surface area contributed by atoms with Crippen LogP contribution in [0.1, 0.15) is 0 Å². The Morgan fingerprint density at radius 3 is 2.28 bits per heavy atom. The Bertz CT molecular complexity index is 511. The number of para-hydroxylation sites is 1. The summed E-state index contributed by atoms with van der Waals surface area (Å²) < 4.78 is 0.989. The van der Waals surface area contributed by atoms with Crippen molar-refractivity contribution < 1.29 is 4.79 Å². The minimum absolute atomic E-state index is 0.0684. The third-order valence-electron chi connectivity index (χ3n) is 2.35. The Morgan fingerprint density at radius 2 is 1.61 bits per heavy atom. The number of halogens is 1. The maximum atomic E-state index is 11.7. The number of carbonyl (C=O) groups excluding carboxylic acids is 1. The van der Waals surface area contributed by atoms with Crippen molar-refractivity contribution in [2.75, 3.05) is 17.2 Å². The summed E-state index contributed by atoms with van der Waals surface area (Å²) >= 11 is 3.35. The van der Waals surface area contributed by atoms with Gasteiger partial charge in [0.15, 0.2) is 0 Å². The molecule has 0 radical (unpaired) electrons. The standard InChI is InChI=1S/C14H13BrN2O/c15-11-6-8-13(9-7-11)17-14(18)10-16-12-4-2-1-3-5-12/h1-9,16H,10H2,(H,17,18). The predicted molar refractivity (Wildman–Crippen MR) is 77.7 cm³/mol. The molecule has 0 atom stereocenters. The normalized spacial score (nSPS) is 9.83. The number of amides is 1. The zero-order valence-electron chi connectivity index (χ0n) is 9.69. The summed E-state index contributed by atoms with van der Waals surface area (Å²) in [5.74, 6) is -0.0684. The first-order valence-corrected chi connectivity index (χ1v) is 6.38. The van der Waals surface area contributed by atoms with Gasteiger partial charge in [0, 0.05) is 15.8 Å². The third kappa shape index (κ3) is 3.89. The average molecular weight is 305 g/mol. The van der Waals surface area contributed by atoms with Gasteiger partial charge < -0.3 is 10.6 Å². The van der Waals surface area contributed by atoms with Gasteiger partial charge in [-0.15, -0.1) is 0 Å². The molecule has 0 saturated carbocycles. The molecule has 2 rings (SSSR count). The molecule has 0 saturated heterocycles. The summed E-state index contributed by atoms with van der Waals surface area (Å²) in [7, 11) is 0. The molecule has 0 spiro atoms. The fourth-order valence-corrected chi connectivity index (χ4v) is 1.74. The Hall–Kier alpha value is -1.81. The third-order valence-corrected chi connectivity index (χ3v) is 2.88. The van der Waals surface area contributed by atoms with E-state index in [4.69, 9.17) is 0 Å². The van der Waals surface area contributed by atoms with Crippen LogP contribution in [0.25, 0.3) is 0 Å². The molecule has 0 heterocycles. The molecule has 0 bridgehead atoms. The molecule has 2 aromatic rings. The van der Waals surface area contributed by atoms with Crippen LogP contribution in [0.2, 0.25) is 0 Å². The quantitative estimate of drug-likeness (QED) is 0.907. The van der Waals surface area contributed by atoms with Gasteiger partial charge in [0.2, 0.25) is 5.91 Å². The molecule has 92 valence electrons. The lowest BCUT2D eigenvalue weighted by Crippen LogP contribution is -2.21. The molecule has 18 heavy (non-hydrogen) atoms. The fraction of sp³-hybridized carbons (Fsp3) is 0.0714. The van der Waals surface area contributed by atoms with Gasteiger partial charge in [-0.25, -0.2) is 0 Å². The summed E-state index contributed by atoms with van der Waals surface area (Å²) in [5.41, 5.74) is 1.72. The highest BCUT2D eigenvalue weighted by molar-refractivity contribution is 9.10. The number of nitrogens with one attached hydrogen (secondary N) is 2. The molecule has 0 aliphatic rings. The Kier molecular flexibility index (Phi) is 4.36. The van der Waals surface area contributed by atoms with E-state index in [0.717, 1.165) is 15.8 Å². The number of hydrogen-bond donors (Lipinski definition) is 2. The van der Waals surface area contributed by atoms with E-state index < -0.39 is 0 Å². The molecule has 0 aromatic heterocycles. The monoisotopic (exact) mass is 304 g/mol. The summed E-state index contributed by atoms with van der Waals surface area (Å²) in [5, 5.41) is 5.87. The second kappa shape index (κ2) is 6.21. The number of hydrogen-bond acceptors (Lipinski definition) is 2. The van der Waals surface area contributed by atoms with Gasteiger partial charge in [0.05, 0.1) is 6.54 Å². The molecule has 2 aromatic carbocycles. The zero-order chi connectivity index (χ0) is 12.8. The van der Waals surface area contributed by atoms with Crippen molar-refractivity contribution in [3.8, 4) is 0 Å². The summed E-state index contributed by atoms with van der Waals surface area (Å²) in [6.45, 7) is 0.250. The Labute approximate surface area is 114 Å². The van der Waals surface area contributed by atoms with Crippen molar-refractivity contribution in [2.24, 2.45) is 0 Å². The molecule has 1 amide bonds. The van der Waals surface area contributed by atoms with Gasteiger partial charge in [0.1, 0.15) is 0 Å². The van der Waals surface area contributed by atoms with Crippen molar-refractivity contribution in [1.29, 1.82) is 0 Å². The van der Waals surface area contributed by atoms with Crippen LogP contribution in [0.5, 0.6) is 0 Å². The fourth-order valence-electron chi connectivity index (χ4n) is 1.48. The number of anilines is 2. The van der Waals surface area contributed by atoms with Crippen LogP contribution < -0.4 is 10.6 Å². The lowest BCUT2D eigenvalue weighted by atomic mass is 10.3. The Morgan fingerprint density at radius 1 is 0.944 bits per heavy atom. The van der Waals surface area contributed by atoms with Crippen LogP contribution in [0.15, 0.2) is 59.1 Å². The van der Waals surface area contributed by atoms with Gasteiger partial charge in [0.25, 0.3) is 0 Å². The summed E-state index contributed by atoms with van der Waals surface area (Å²) in [6, 6.07) is 17.1. The molecule has 4 heteroatoms. The van der Waals surface area contributed by atoms with Crippen LogP contribution in [-0.4, -0.2) is 12.5 Å². The molecular weight excluding hydrogens is 292 g/mol. The molecule has 0 unspecified atom stereocenters. The smallest absolute Gasteiger partial charge is 0.243 e. The van der Waals surface area contributed by atoms with Crippen molar-refractivity contribution in [3.05, 3.63) is 59.1 Å². The van der Waals surface area contributed by atoms with Crippen molar-refractivity contribution >= 4 is 33.2 Å². The lowest BCUT2D eigenvalue weighted by molar-refractivity contribution is -0.114. The van der Waals surface area contributed by atoms with E-state index in [1.54, 1.807) is 0 Å². The molecule has 0 aliphatic heterocycles. The lowest BCUT2D eigenvalue weighted by Gasteiger charge is -2.07. The molecule has 2 N–H and O–H groups in total. The van der Waals surface area contributed by atoms with Crippen LogP contribution in [0, 0.1) is 0 Å². The molecule has 0 fully saturated rings. The first-order chi connectivity index (χ1) is 8.74. The highest BCUT2D eigenvalue weighted by atomic mass is 79.9. The molecule has 3 nitrogen and oxygen atoms in total. The minimum atomic E-state index is -0.0684. The first kappa shape index (κ1) is 12.6. The van der Waals surface area contributed by atoms with Crippen LogP contribution in [0.3, 0.4) is 0 Å². The Balaban J connectivity index is 1.84. The number of rotatable bonds is 4. The van der Waals surface area contributed by atoms with Crippen LogP contribution in [-0.2, 0) is 4.79 Å². The number of benzene rings is 2. The van der Waals surface area contributed by atoms with Gasteiger partial charge in [-0.05, 0) is 36.4 Å². The van der Waals surface area contributed by atoms with E-state index in [1.807, 2.05) is 54.6 Å². The first-order valence-electron chi connectivity index (χ1n) is 5.58. The topological polar surface area (TPSA) is 41.1 Å². The van der Waals surface area contributed by atoms with E-state index in [0.29, 0.717) is 0 Å². The van der Waals surface area contributed by atoms with Crippen LogP contribution in [0.4, 0.5) is 11.4 Å². The van der Waals surface area contributed by atoms with Crippen molar-refractivity contribution in [2.45, 2.75) is 0 Å². The average Bonchev–Trinajstić information content (AvgIpc) is 2.40. The minimum Gasteiger partial charge on any atom is -0.376 e. The summed E-state index contributed by atoms with van der Waals surface area (Å²) in [4.78, 5) is 11.7. The summed E-state index contributed by atoms with van der Waals surface area (Å²) in [6.07, 6.45) is 0. The molecular formula is C14H13BrN2O. The predicted octanol–water partition coefficient (Wildman–Crippen LogP) is 3.50. The highest BCUT2D eigenvalue weighted by Gasteiger charge is 2.01. The van der Waals surface area contributed by atoms with Crippen LogP contribution >= 0.6 is 15.9 Å². The maximum Gasteiger partial charge on any atom is 0.243 e.